The van der Waals surface area contributed by atoms with Crippen molar-refractivity contribution < 1.29 is 13.6 Å². The van der Waals surface area contributed by atoms with Gasteiger partial charge in [0.15, 0.2) is 0 Å². The topological polar surface area (TPSA) is 55.1 Å². The van der Waals surface area contributed by atoms with Crippen LogP contribution >= 0.6 is 0 Å². The lowest BCUT2D eigenvalue weighted by Gasteiger charge is -2.24. The van der Waals surface area contributed by atoms with E-state index in [1.165, 1.54) is 0 Å². The van der Waals surface area contributed by atoms with Crippen LogP contribution in [0, 0.1) is 11.6 Å². The number of rotatable bonds is 3. The van der Waals surface area contributed by atoms with Crippen molar-refractivity contribution in [3.05, 3.63) is 29.3 Å². The number of anilines is 1. The Morgan fingerprint density at radius 2 is 1.94 bits per heavy atom. The van der Waals surface area contributed by atoms with Gasteiger partial charge in [-0.25, -0.2) is 8.78 Å². The van der Waals surface area contributed by atoms with E-state index in [0.717, 1.165) is 6.07 Å². The summed E-state index contributed by atoms with van der Waals surface area (Å²) in [4.78, 5) is 11.8. The number of benzene rings is 1. The number of nitrogens with one attached hydrogen (secondary N) is 1. The summed E-state index contributed by atoms with van der Waals surface area (Å²) in [5, 5.41) is 2.65. The molecule has 3 nitrogen and oxygen atoms in total. The van der Waals surface area contributed by atoms with Crippen LogP contribution in [0.3, 0.4) is 0 Å². The van der Waals surface area contributed by atoms with E-state index in [-0.39, 0.29) is 11.3 Å². The molecule has 1 aromatic carbocycles. The molecule has 0 aliphatic rings. The first-order chi connectivity index (χ1) is 7.76. The van der Waals surface area contributed by atoms with Crippen molar-refractivity contribution in [3.63, 3.8) is 0 Å². The molecule has 0 bridgehead atoms. The van der Waals surface area contributed by atoms with Crippen molar-refractivity contribution >= 4 is 11.6 Å². The van der Waals surface area contributed by atoms with Gasteiger partial charge in [-0.1, -0.05) is 6.92 Å². The lowest BCUT2D eigenvalue weighted by atomic mass is 10.0. The first kappa shape index (κ1) is 13.4. The first-order valence-electron chi connectivity index (χ1n) is 5.34. The lowest BCUT2D eigenvalue weighted by molar-refractivity contribution is 0.0907. The molecular formula is C12H16F2N2O. The van der Waals surface area contributed by atoms with E-state index >= 15 is 0 Å². The molecular weight excluding hydrogens is 226 g/mol. The molecule has 1 aromatic rings. The van der Waals surface area contributed by atoms with E-state index in [1.807, 2.05) is 20.8 Å². The van der Waals surface area contributed by atoms with Gasteiger partial charge in [-0.3, -0.25) is 4.79 Å². The smallest absolute Gasteiger partial charge is 0.254 e. The largest absolute Gasteiger partial charge is 0.396 e. The molecule has 0 aromatic heterocycles. The summed E-state index contributed by atoms with van der Waals surface area (Å²) in [6.45, 7) is 5.53. The SMILES string of the molecule is CCC(C)(C)NC(=O)c1cc(N)c(F)cc1F. The summed E-state index contributed by atoms with van der Waals surface area (Å²) in [6.07, 6.45) is 0.692. The maximum Gasteiger partial charge on any atom is 0.254 e. The molecule has 0 radical (unpaired) electrons. The van der Waals surface area contributed by atoms with Gasteiger partial charge in [0.2, 0.25) is 0 Å². The highest BCUT2D eigenvalue weighted by atomic mass is 19.1. The monoisotopic (exact) mass is 242 g/mol. The van der Waals surface area contributed by atoms with Crippen molar-refractivity contribution in [1.82, 2.24) is 5.32 Å². The van der Waals surface area contributed by atoms with Crippen LogP contribution in [-0.4, -0.2) is 11.4 Å². The van der Waals surface area contributed by atoms with E-state index in [2.05, 4.69) is 5.32 Å². The Labute approximate surface area is 99.0 Å². The van der Waals surface area contributed by atoms with Gasteiger partial charge in [-0.15, -0.1) is 0 Å². The summed E-state index contributed by atoms with van der Waals surface area (Å²) in [5.74, 6) is -2.38. The minimum atomic E-state index is -0.916. The van der Waals surface area contributed by atoms with Crippen molar-refractivity contribution in [2.45, 2.75) is 32.7 Å². The second-order valence-electron chi connectivity index (χ2n) is 4.55. The molecule has 0 unspecified atom stereocenters. The molecule has 94 valence electrons. The van der Waals surface area contributed by atoms with Gasteiger partial charge in [0, 0.05) is 11.6 Å². The zero-order valence-corrected chi connectivity index (χ0v) is 10.1. The van der Waals surface area contributed by atoms with Gasteiger partial charge in [0.05, 0.1) is 11.3 Å². The zero-order valence-electron chi connectivity index (χ0n) is 10.1. The van der Waals surface area contributed by atoms with E-state index in [0.29, 0.717) is 12.5 Å². The minimum Gasteiger partial charge on any atom is -0.396 e. The quantitative estimate of drug-likeness (QED) is 0.800. The van der Waals surface area contributed by atoms with Gasteiger partial charge in [0.1, 0.15) is 11.6 Å². The van der Waals surface area contributed by atoms with E-state index in [4.69, 9.17) is 5.73 Å². The fourth-order valence-corrected chi connectivity index (χ4v) is 1.20. The van der Waals surface area contributed by atoms with Crippen LogP contribution in [0.2, 0.25) is 0 Å². The number of carbonyl (C=O) groups excluding carboxylic acids is 1. The summed E-state index contributed by atoms with van der Waals surface area (Å²) < 4.78 is 26.3. The molecule has 0 heterocycles. The van der Waals surface area contributed by atoms with Crippen LogP contribution < -0.4 is 11.1 Å². The van der Waals surface area contributed by atoms with Crippen LogP contribution in [0.15, 0.2) is 12.1 Å². The molecule has 5 heteroatoms. The van der Waals surface area contributed by atoms with Crippen LogP contribution in [0.5, 0.6) is 0 Å². The van der Waals surface area contributed by atoms with Gasteiger partial charge in [-0.2, -0.15) is 0 Å². The van der Waals surface area contributed by atoms with Crippen molar-refractivity contribution in [2.75, 3.05) is 5.73 Å². The predicted octanol–water partition coefficient (Wildman–Crippen LogP) is 2.47. The molecule has 0 spiro atoms. The average Bonchev–Trinajstić information content (AvgIpc) is 2.22. The maximum atomic E-state index is 13.4. The van der Waals surface area contributed by atoms with E-state index in [1.54, 1.807) is 0 Å². The lowest BCUT2D eigenvalue weighted by Crippen LogP contribution is -2.43. The summed E-state index contributed by atoms with van der Waals surface area (Å²) in [7, 11) is 0. The Kier molecular flexibility index (Phi) is 3.70. The highest BCUT2D eigenvalue weighted by Gasteiger charge is 2.21. The molecule has 3 N–H and O–H groups in total. The normalized spacial score (nSPS) is 11.4. The Bertz CT molecular complexity index is 444. The molecule has 0 aliphatic carbocycles. The molecule has 1 amide bonds. The van der Waals surface area contributed by atoms with Crippen LogP contribution in [0.4, 0.5) is 14.5 Å². The number of nitrogen functional groups attached to an aromatic ring is 1. The third kappa shape index (κ3) is 3.15. The van der Waals surface area contributed by atoms with Gasteiger partial charge in [-0.05, 0) is 26.3 Å². The third-order valence-electron chi connectivity index (χ3n) is 2.67. The van der Waals surface area contributed by atoms with Crippen LogP contribution in [0.1, 0.15) is 37.6 Å². The number of halogens is 2. The van der Waals surface area contributed by atoms with Crippen molar-refractivity contribution in [2.24, 2.45) is 0 Å². The van der Waals surface area contributed by atoms with Gasteiger partial charge < -0.3 is 11.1 Å². The Hall–Kier alpha value is -1.65. The molecule has 0 aliphatic heterocycles. The Balaban J connectivity index is 3.01. The highest BCUT2D eigenvalue weighted by molar-refractivity contribution is 5.95. The van der Waals surface area contributed by atoms with Gasteiger partial charge in [0.25, 0.3) is 5.91 Å². The Morgan fingerprint density at radius 1 is 1.35 bits per heavy atom. The number of carbonyl (C=O) groups is 1. The molecule has 17 heavy (non-hydrogen) atoms. The molecule has 0 saturated heterocycles. The fraction of sp³-hybridized carbons (Fsp3) is 0.417. The average molecular weight is 242 g/mol. The van der Waals surface area contributed by atoms with Crippen LogP contribution in [0.25, 0.3) is 0 Å². The molecule has 0 fully saturated rings. The molecule has 0 atom stereocenters. The van der Waals surface area contributed by atoms with E-state index < -0.39 is 23.1 Å². The summed E-state index contributed by atoms with van der Waals surface area (Å²) in [5.41, 5.74) is 4.36. The van der Waals surface area contributed by atoms with Crippen molar-refractivity contribution in [3.8, 4) is 0 Å². The number of amides is 1. The maximum absolute atomic E-state index is 13.4. The second kappa shape index (κ2) is 4.69. The summed E-state index contributed by atoms with van der Waals surface area (Å²) >= 11 is 0. The van der Waals surface area contributed by atoms with Crippen LogP contribution in [-0.2, 0) is 0 Å². The van der Waals surface area contributed by atoms with Gasteiger partial charge >= 0.3 is 0 Å². The number of nitrogens with two attached hydrogens (primary N) is 1. The molecule has 0 saturated carbocycles. The number of hydrogen-bond acceptors (Lipinski definition) is 2. The minimum absolute atomic E-state index is 0.245. The number of hydrogen-bond donors (Lipinski definition) is 2. The van der Waals surface area contributed by atoms with Crippen molar-refractivity contribution in [1.29, 1.82) is 0 Å². The second-order valence-corrected chi connectivity index (χ2v) is 4.55. The predicted molar refractivity (Wildman–Crippen MR) is 62.6 cm³/mol. The zero-order chi connectivity index (χ0) is 13.2. The Morgan fingerprint density at radius 3 is 2.47 bits per heavy atom. The highest BCUT2D eigenvalue weighted by Crippen LogP contribution is 2.18. The summed E-state index contributed by atoms with van der Waals surface area (Å²) in [6, 6.07) is 1.62. The fourth-order valence-electron chi connectivity index (χ4n) is 1.20. The molecule has 1 rings (SSSR count). The third-order valence-corrected chi connectivity index (χ3v) is 2.67. The standard InChI is InChI=1S/C12H16F2N2O/c1-4-12(2,3)16-11(17)7-5-10(15)9(14)6-8(7)13/h5-6H,4,15H2,1-3H3,(H,16,17). The first-order valence-corrected chi connectivity index (χ1v) is 5.34. The van der Waals surface area contributed by atoms with E-state index in [9.17, 15) is 13.6 Å².